The van der Waals surface area contributed by atoms with E-state index in [-0.39, 0.29) is 24.5 Å². The molecular formula is C49H44N4O4. The van der Waals surface area contributed by atoms with Crippen molar-refractivity contribution in [1.82, 2.24) is 14.0 Å². The number of amides is 2. The van der Waals surface area contributed by atoms with Crippen LogP contribution in [0.25, 0.3) is 27.4 Å². The second kappa shape index (κ2) is 13.8. The number of benzene rings is 5. The van der Waals surface area contributed by atoms with E-state index < -0.39 is 5.60 Å². The van der Waals surface area contributed by atoms with Crippen molar-refractivity contribution in [3.63, 3.8) is 0 Å². The lowest BCUT2D eigenvalue weighted by atomic mass is 9.81. The van der Waals surface area contributed by atoms with Gasteiger partial charge in [0.2, 0.25) is 0 Å². The lowest BCUT2D eigenvalue weighted by molar-refractivity contribution is 0.0276. The van der Waals surface area contributed by atoms with Crippen molar-refractivity contribution in [2.75, 3.05) is 18.0 Å². The Kier molecular flexibility index (Phi) is 8.72. The molecule has 1 atom stereocenters. The maximum atomic E-state index is 14.0. The summed E-state index contributed by atoms with van der Waals surface area (Å²) in [6.07, 6.45) is 2.15. The van der Waals surface area contributed by atoms with Crippen LogP contribution in [-0.4, -0.2) is 44.9 Å². The van der Waals surface area contributed by atoms with Gasteiger partial charge < -0.3 is 18.8 Å². The molecule has 2 aromatic heterocycles. The second-order valence-electron chi connectivity index (χ2n) is 14.8. The minimum Gasteiger partial charge on any atom is -0.441 e. The highest BCUT2D eigenvalue weighted by atomic mass is 16.6. The van der Waals surface area contributed by atoms with Crippen LogP contribution in [0.5, 0.6) is 0 Å². The van der Waals surface area contributed by atoms with E-state index >= 15 is 0 Å². The predicted molar refractivity (Wildman–Crippen MR) is 226 cm³/mol. The molecule has 0 bridgehead atoms. The van der Waals surface area contributed by atoms with E-state index in [0.29, 0.717) is 16.7 Å². The highest BCUT2D eigenvalue weighted by molar-refractivity contribution is 6.21. The first-order chi connectivity index (χ1) is 27.7. The van der Waals surface area contributed by atoms with Crippen LogP contribution in [0.15, 0.2) is 127 Å². The number of hydrogen-bond donors (Lipinski definition) is 0. The molecular weight excluding hydrogens is 709 g/mol. The summed E-state index contributed by atoms with van der Waals surface area (Å²) in [6, 6.07) is 39.6. The number of anilines is 1. The molecule has 57 heavy (non-hydrogen) atoms. The van der Waals surface area contributed by atoms with E-state index in [1.807, 2.05) is 42.5 Å². The zero-order chi connectivity index (χ0) is 39.6. The smallest absolute Gasteiger partial charge is 0.340 e. The first-order valence-electron chi connectivity index (χ1n) is 19.7. The normalized spacial score (nSPS) is 16.5. The zero-order valence-corrected chi connectivity index (χ0v) is 32.9. The number of carbonyl (C=O) groups is 3. The van der Waals surface area contributed by atoms with Gasteiger partial charge in [0.15, 0.2) is 5.60 Å². The van der Waals surface area contributed by atoms with E-state index in [2.05, 4.69) is 109 Å². The minimum atomic E-state index is -1.29. The fourth-order valence-electron chi connectivity index (χ4n) is 9.27. The summed E-state index contributed by atoms with van der Waals surface area (Å²) in [7, 11) is 0. The molecule has 8 heteroatoms. The molecule has 7 aromatic rings. The molecule has 1 unspecified atom stereocenters. The van der Waals surface area contributed by atoms with Gasteiger partial charge in [-0.3, -0.25) is 14.5 Å². The first-order valence-corrected chi connectivity index (χ1v) is 19.7. The molecule has 2 aliphatic rings. The van der Waals surface area contributed by atoms with Crippen LogP contribution < -0.4 is 4.90 Å². The third-order valence-corrected chi connectivity index (χ3v) is 12.1. The van der Waals surface area contributed by atoms with Gasteiger partial charge in [0.1, 0.15) is 6.67 Å². The topological polar surface area (TPSA) is 76.8 Å². The van der Waals surface area contributed by atoms with E-state index in [0.717, 1.165) is 86.3 Å². The SMILES string of the molecule is CCN(CC)c1ccc(C2(/C=C(/c3c(C)n(CC)c4ccccc34)c3c(C)n(CN4C(=O)c5ccccc5C4=O)c4ccccc34)OC(=O)c3ccccc32)cc1. The Morgan fingerprint density at radius 3 is 1.72 bits per heavy atom. The van der Waals surface area contributed by atoms with Gasteiger partial charge in [0, 0.05) is 75.3 Å². The molecule has 284 valence electrons. The Bertz CT molecular complexity index is 2770. The van der Waals surface area contributed by atoms with Crippen molar-refractivity contribution in [2.45, 2.75) is 53.4 Å². The van der Waals surface area contributed by atoms with E-state index in [4.69, 9.17) is 4.74 Å². The van der Waals surface area contributed by atoms with Crippen LogP contribution >= 0.6 is 0 Å². The number of esters is 1. The summed E-state index contributed by atoms with van der Waals surface area (Å²) >= 11 is 0. The molecule has 0 N–H and O–H groups in total. The number of fused-ring (bicyclic) bond motifs is 4. The largest absolute Gasteiger partial charge is 0.441 e. The second-order valence-corrected chi connectivity index (χ2v) is 14.8. The van der Waals surface area contributed by atoms with E-state index in [1.54, 1.807) is 24.3 Å². The third-order valence-electron chi connectivity index (χ3n) is 12.1. The molecule has 0 aliphatic carbocycles. The summed E-state index contributed by atoms with van der Waals surface area (Å²) in [5.74, 6) is -1.01. The first kappa shape index (κ1) is 36.0. The Morgan fingerprint density at radius 1 is 0.632 bits per heavy atom. The van der Waals surface area contributed by atoms with Gasteiger partial charge in [-0.25, -0.2) is 4.79 Å². The van der Waals surface area contributed by atoms with Crippen molar-refractivity contribution in [2.24, 2.45) is 0 Å². The number of nitrogens with zero attached hydrogens (tertiary/aromatic N) is 4. The van der Waals surface area contributed by atoms with Crippen LogP contribution in [0.1, 0.15) is 85.5 Å². The van der Waals surface area contributed by atoms with Crippen molar-refractivity contribution in [3.8, 4) is 0 Å². The lowest BCUT2D eigenvalue weighted by Gasteiger charge is -2.29. The fourth-order valence-corrected chi connectivity index (χ4v) is 9.27. The molecule has 8 nitrogen and oxygen atoms in total. The quantitative estimate of drug-likeness (QED) is 0.103. The number of aryl methyl sites for hydroxylation is 1. The van der Waals surface area contributed by atoms with Gasteiger partial charge in [-0.2, -0.15) is 0 Å². The molecule has 0 spiro atoms. The molecule has 5 aromatic carbocycles. The molecule has 0 saturated heterocycles. The number of cyclic esters (lactones) is 1. The van der Waals surface area contributed by atoms with Gasteiger partial charge >= 0.3 is 5.97 Å². The van der Waals surface area contributed by atoms with Crippen molar-refractivity contribution in [3.05, 3.63) is 178 Å². The van der Waals surface area contributed by atoms with Crippen LogP contribution in [0, 0.1) is 13.8 Å². The monoisotopic (exact) mass is 752 g/mol. The highest BCUT2D eigenvalue weighted by Gasteiger charge is 2.46. The maximum Gasteiger partial charge on any atom is 0.340 e. The standard InChI is InChI=1S/C49H44N4O4/c1-6-50(7-2)34-27-25-33(26-28-34)49(41-22-14-11-19-37(41)48(56)57-49)29-40(44-31(4)51(8-3)42-23-15-12-20-38(42)44)45-32(5)52(43-24-16-13-21-39(43)45)30-53-46(54)35-17-9-10-18-36(35)47(53)55/h9-29H,6-8,30H2,1-5H3/b40-29-. The summed E-state index contributed by atoms with van der Waals surface area (Å²) < 4.78 is 11.1. The molecule has 2 aliphatic heterocycles. The average molecular weight is 753 g/mol. The number of aromatic nitrogens is 2. The molecule has 4 heterocycles. The van der Waals surface area contributed by atoms with Crippen LogP contribution in [0.3, 0.4) is 0 Å². The average Bonchev–Trinajstić information content (AvgIpc) is 3.88. The molecule has 9 rings (SSSR count). The number of hydrogen-bond acceptors (Lipinski definition) is 5. The molecule has 0 radical (unpaired) electrons. The summed E-state index contributed by atoms with van der Waals surface area (Å²) in [6.45, 7) is 13.2. The summed E-state index contributed by atoms with van der Waals surface area (Å²) in [5, 5.41) is 2.03. The number of ether oxygens (including phenoxy) is 1. The Hall–Kier alpha value is -6.67. The number of para-hydroxylation sites is 2. The zero-order valence-electron chi connectivity index (χ0n) is 32.9. The van der Waals surface area contributed by atoms with Gasteiger partial charge in [0.05, 0.1) is 22.2 Å². The van der Waals surface area contributed by atoms with Crippen LogP contribution in [0.4, 0.5) is 5.69 Å². The Balaban J connectivity index is 1.35. The van der Waals surface area contributed by atoms with Crippen LogP contribution in [-0.2, 0) is 23.6 Å². The maximum absolute atomic E-state index is 14.0. The van der Waals surface area contributed by atoms with Gasteiger partial charge in [0.25, 0.3) is 11.8 Å². The van der Waals surface area contributed by atoms with E-state index in [9.17, 15) is 14.4 Å². The minimum absolute atomic E-state index is 0.0391. The molecule has 0 saturated carbocycles. The van der Waals surface area contributed by atoms with Crippen molar-refractivity contribution >= 4 is 50.9 Å². The number of imide groups is 1. The summed E-state index contributed by atoms with van der Waals surface area (Å²) in [4.78, 5) is 45.1. The number of rotatable bonds is 10. The third kappa shape index (κ3) is 5.38. The molecule has 2 amide bonds. The lowest BCUT2D eigenvalue weighted by Crippen LogP contribution is -2.32. The summed E-state index contributed by atoms with van der Waals surface area (Å²) in [5.41, 5.74) is 9.54. The number of carbonyl (C=O) groups excluding carboxylic acids is 3. The fraction of sp³-hybridized carbons (Fsp3) is 0.204. The van der Waals surface area contributed by atoms with Crippen molar-refractivity contribution < 1.29 is 19.1 Å². The van der Waals surface area contributed by atoms with Crippen LogP contribution in [0.2, 0.25) is 0 Å². The predicted octanol–water partition coefficient (Wildman–Crippen LogP) is 9.88. The van der Waals surface area contributed by atoms with Gasteiger partial charge in [-0.15, -0.1) is 0 Å². The Labute approximate surface area is 332 Å². The van der Waals surface area contributed by atoms with Gasteiger partial charge in [-0.1, -0.05) is 78.9 Å². The van der Waals surface area contributed by atoms with Gasteiger partial charge in [-0.05, 0) is 88.7 Å². The van der Waals surface area contributed by atoms with Crippen molar-refractivity contribution in [1.29, 1.82) is 0 Å². The van der Waals surface area contributed by atoms with E-state index in [1.165, 1.54) is 4.90 Å². The molecule has 0 fully saturated rings. The highest BCUT2D eigenvalue weighted by Crippen LogP contribution is 2.49. The Morgan fingerprint density at radius 2 is 1.14 bits per heavy atom.